The van der Waals surface area contributed by atoms with E-state index in [4.69, 9.17) is 0 Å². The zero-order chi connectivity index (χ0) is 18.7. The van der Waals surface area contributed by atoms with E-state index >= 15 is 0 Å². The Kier molecular flexibility index (Phi) is 5.66. The number of hydrogen-bond donors (Lipinski definition) is 1. The van der Waals surface area contributed by atoms with Crippen LogP contribution >= 0.6 is 0 Å². The van der Waals surface area contributed by atoms with Crippen LogP contribution in [0.3, 0.4) is 0 Å². The number of carbonyl (C=O) groups excluding carboxylic acids is 1. The van der Waals surface area contributed by atoms with E-state index in [-0.39, 0.29) is 5.69 Å². The normalized spacial score (nSPS) is 12.0. The molecule has 0 radical (unpaired) electrons. The number of hydrogen-bond acceptors (Lipinski definition) is 2. The van der Waals surface area contributed by atoms with Gasteiger partial charge < -0.3 is 10.1 Å². The van der Waals surface area contributed by atoms with Gasteiger partial charge in [-0.15, -0.1) is 0 Å². The number of benzene rings is 2. The van der Waals surface area contributed by atoms with Crippen LogP contribution in [0.1, 0.15) is 42.1 Å². The first-order chi connectivity index (χ1) is 11.8. The van der Waals surface area contributed by atoms with Crippen LogP contribution in [0.5, 0.6) is 5.75 Å². The molecule has 0 spiro atoms. The molecule has 134 valence electrons. The summed E-state index contributed by atoms with van der Waals surface area (Å²) in [5.41, 5.74) is -0.0753. The number of carbonyl (C=O) groups is 1. The Balaban J connectivity index is 2.33. The van der Waals surface area contributed by atoms with Crippen molar-refractivity contribution >= 4 is 11.6 Å². The minimum Gasteiger partial charge on any atom is -0.491 e. The predicted octanol–water partition coefficient (Wildman–Crippen LogP) is 5.02. The van der Waals surface area contributed by atoms with Crippen LogP contribution in [0, 0.1) is 23.3 Å². The van der Waals surface area contributed by atoms with E-state index in [1.165, 1.54) is 0 Å². The van der Waals surface area contributed by atoms with Gasteiger partial charge in [0.05, 0.1) is 7.11 Å². The highest BCUT2D eigenvalue weighted by Crippen LogP contribution is 2.30. The number of rotatable bonds is 5. The Morgan fingerprint density at radius 1 is 1.04 bits per heavy atom. The Morgan fingerprint density at radius 3 is 2.00 bits per heavy atom. The molecule has 0 saturated carbocycles. The highest BCUT2D eigenvalue weighted by molar-refractivity contribution is 6.04. The Labute approximate surface area is 142 Å². The zero-order valence-electron chi connectivity index (χ0n) is 13.9. The fourth-order valence-corrected chi connectivity index (χ4v) is 2.31. The second-order valence-corrected chi connectivity index (χ2v) is 5.55. The summed E-state index contributed by atoms with van der Waals surface area (Å²) in [4.78, 5) is 12.1. The van der Waals surface area contributed by atoms with Gasteiger partial charge in [-0.2, -0.15) is 8.78 Å². The van der Waals surface area contributed by atoms with Gasteiger partial charge in [0, 0.05) is 5.69 Å². The van der Waals surface area contributed by atoms with Gasteiger partial charge in [0.1, 0.15) is 5.56 Å². The minimum absolute atomic E-state index is 0.243. The van der Waals surface area contributed by atoms with Gasteiger partial charge in [0.25, 0.3) is 5.91 Å². The van der Waals surface area contributed by atoms with Gasteiger partial charge in [-0.05, 0) is 30.0 Å². The van der Waals surface area contributed by atoms with Gasteiger partial charge in [-0.1, -0.05) is 26.0 Å². The maximum absolute atomic E-state index is 13.9. The fourth-order valence-electron chi connectivity index (χ4n) is 2.31. The van der Waals surface area contributed by atoms with Crippen molar-refractivity contribution in [2.24, 2.45) is 0 Å². The largest absolute Gasteiger partial charge is 0.491 e. The number of amides is 1. The highest BCUT2D eigenvalue weighted by atomic mass is 19.2. The monoisotopic (exact) mass is 355 g/mol. The van der Waals surface area contributed by atoms with Crippen LogP contribution in [-0.2, 0) is 0 Å². The van der Waals surface area contributed by atoms with Gasteiger partial charge in [-0.3, -0.25) is 4.79 Å². The van der Waals surface area contributed by atoms with Gasteiger partial charge in [0.2, 0.25) is 11.6 Å². The molecule has 7 heteroatoms. The summed E-state index contributed by atoms with van der Waals surface area (Å²) < 4.78 is 59.5. The minimum atomic E-state index is -1.82. The number of nitrogens with one attached hydrogen (secondary N) is 1. The van der Waals surface area contributed by atoms with E-state index < -0.39 is 40.5 Å². The Morgan fingerprint density at radius 2 is 1.56 bits per heavy atom. The lowest BCUT2D eigenvalue weighted by Gasteiger charge is -2.12. The van der Waals surface area contributed by atoms with E-state index in [9.17, 15) is 22.4 Å². The fraction of sp³-hybridized carbons (Fsp3) is 0.278. The second-order valence-electron chi connectivity index (χ2n) is 5.55. The number of anilines is 1. The highest BCUT2D eigenvalue weighted by Gasteiger charge is 2.30. The molecule has 0 saturated heterocycles. The quantitative estimate of drug-likeness (QED) is 0.604. The maximum Gasteiger partial charge on any atom is 0.261 e. The molecule has 1 amide bonds. The van der Waals surface area contributed by atoms with Crippen molar-refractivity contribution in [1.82, 2.24) is 0 Å². The average Bonchev–Trinajstić information content (AvgIpc) is 2.60. The molecule has 0 aliphatic rings. The van der Waals surface area contributed by atoms with Crippen LogP contribution in [0.25, 0.3) is 0 Å². The van der Waals surface area contributed by atoms with Crippen LogP contribution < -0.4 is 10.1 Å². The van der Waals surface area contributed by atoms with E-state index in [0.29, 0.717) is 5.92 Å². The molecule has 1 atom stereocenters. The molecule has 0 unspecified atom stereocenters. The molecule has 2 aromatic carbocycles. The lowest BCUT2D eigenvalue weighted by atomic mass is 9.98. The second kappa shape index (κ2) is 7.55. The number of halogens is 4. The molecule has 0 bridgehead atoms. The number of methoxy groups -OCH3 is 1. The van der Waals surface area contributed by atoms with Crippen LogP contribution in [0.15, 0.2) is 24.3 Å². The van der Waals surface area contributed by atoms with Crippen LogP contribution in [0.4, 0.5) is 23.2 Å². The molecule has 0 fully saturated rings. The third kappa shape index (κ3) is 3.60. The van der Waals surface area contributed by atoms with Crippen LogP contribution in [-0.4, -0.2) is 13.0 Å². The van der Waals surface area contributed by atoms with E-state index in [1.54, 1.807) is 24.3 Å². The first-order valence-electron chi connectivity index (χ1n) is 7.63. The summed E-state index contributed by atoms with van der Waals surface area (Å²) in [5.74, 6) is -9.37. The van der Waals surface area contributed by atoms with Crippen molar-refractivity contribution in [3.63, 3.8) is 0 Å². The Hall–Kier alpha value is -2.57. The lowest BCUT2D eigenvalue weighted by Crippen LogP contribution is -2.18. The molecule has 0 aliphatic carbocycles. The number of ether oxygens (including phenoxy) is 1. The topological polar surface area (TPSA) is 38.3 Å². The molecule has 3 nitrogen and oxygen atoms in total. The molecule has 25 heavy (non-hydrogen) atoms. The summed E-state index contributed by atoms with van der Waals surface area (Å²) >= 11 is 0. The Bertz CT molecular complexity index is 762. The summed E-state index contributed by atoms with van der Waals surface area (Å²) in [6.07, 6.45) is 0.923. The smallest absolute Gasteiger partial charge is 0.261 e. The molecular weight excluding hydrogens is 338 g/mol. The zero-order valence-corrected chi connectivity index (χ0v) is 13.9. The van der Waals surface area contributed by atoms with Crippen molar-refractivity contribution in [1.29, 1.82) is 0 Å². The van der Waals surface area contributed by atoms with Crippen molar-refractivity contribution in [3.05, 3.63) is 58.7 Å². The molecule has 1 N–H and O–H groups in total. The molecule has 0 heterocycles. The SMILES string of the molecule is CC[C@@H](C)c1ccc(NC(=O)c2c(F)c(F)c(OC)c(F)c2F)cc1. The first kappa shape index (κ1) is 18.8. The maximum atomic E-state index is 13.9. The van der Waals surface area contributed by atoms with E-state index in [2.05, 4.69) is 10.1 Å². The summed E-state index contributed by atoms with van der Waals surface area (Å²) in [6.45, 7) is 4.06. The first-order valence-corrected chi connectivity index (χ1v) is 7.63. The molecular formula is C18H17F4NO2. The van der Waals surface area contributed by atoms with Crippen molar-refractivity contribution in [2.45, 2.75) is 26.2 Å². The van der Waals surface area contributed by atoms with Gasteiger partial charge >= 0.3 is 0 Å². The third-order valence-corrected chi connectivity index (χ3v) is 4.00. The molecule has 0 aliphatic heterocycles. The van der Waals surface area contributed by atoms with Crippen LogP contribution in [0.2, 0.25) is 0 Å². The molecule has 2 rings (SSSR count). The summed E-state index contributed by atoms with van der Waals surface area (Å²) in [7, 11) is 0.860. The van der Waals surface area contributed by atoms with Gasteiger partial charge in [0.15, 0.2) is 17.4 Å². The summed E-state index contributed by atoms with van der Waals surface area (Å²) in [6, 6.07) is 6.61. The van der Waals surface area contributed by atoms with E-state index in [0.717, 1.165) is 19.1 Å². The average molecular weight is 355 g/mol. The third-order valence-electron chi connectivity index (χ3n) is 4.00. The summed E-state index contributed by atoms with van der Waals surface area (Å²) in [5, 5.41) is 2.22. The van der Waals surface area contributed by atoms with Crippen molar-refractivity contribution < 1.29 is 27.1 Å². The van der Waals surface area contributed by atoms with E-state index in [1.807, 2.05) is 13.8 Å². The standard InChI is InChI=1S/C18H17F4NO2/c1-4-9(2)10-5-7-11(8-6-10)23-18(24)12-13(19)15(21)17(25-3)16(22)14(12)20/h5-9H,4H2,1-3H3,(H,23,24)/t9-/m1/s1. The van der Waals surface area contributed by atoms with Gasteiger partial charge in [-0.25, -0.2) is 8.78 Å². The van der Waals surface area contributed by atoms with Crippen molar-refractivity contribution in [3.8, 4) is 5.75 Å². The lowest BCUT2D eigenvalue weighted by molar-refractivity contribution is 0.101. The molecule has 0 aromatic heterocycles. The van der Waals surface area contributed by atoms with Crippen molar-refractivity contribution in [2.75, 3.05) is 12.4 Å². The predicted molar refractivity (Wildman–Crippen MR) is 85.9 cm³/mol. The molecule has 2 aromatic rings.